The summed E-state index contributed by atoms with van der Waals surface area (Å²) < 4.78 is 1.07. The molecule has 4 aromatic rings. The summed E-state index contributed by atoms with van der Waals surface area (Å²) in [5.74, 6) is 0. The molecule has 0 spiro atoms. The van der Waals surface area contributed by atoms with Crippen molar-refractivity contribution in [2.45, 2.75) is 42.6 Å². The lowest BCUT2D eigenvalue weighted by Crippen LogP contribution is -2.48. The summed E-state index contributed by atoms with van der Waals surface area (Å²) in [6.45, 7) is 1.86. The van der Waals surface area contributed by atoms with Crippen molar-refractivity contribution in [1.29, 1.82) is 0 Å². The molecular formula is C33H34BrNO. The first-order valence-corrected chi connectivity index (χ1v) is 13.8. The summed E-state index contributed by atoms with van der Waals surface area (Å²) >= 11 is 3.63. The van der Waals surface area contributed by atoms with E-state index >= 15 is 0 Å². The van der Waals surface area contributed by atoms with Gasteiger partial charge < -0.3 is 10.4 Å². The van der Waals surface area contributed by atoms with E-state index in [0.717, 1.165) is 36.8 Å². The molecule has 184 valence electrons. The second-order valence-electron chi connectivity index (χ2n) is 9.97. The maximum absolute atomic E-state index is 12.0. The molecule has 36 heavy (non-hydrogen) atoms. The van der Waals surface area contributed by atoms with Crippen LogP contribution in [0.15, 0.2) is 120 Å². The van der Waals surface area contributed by atoms with Gasteiger partial charge in [0.25, 0.3) is 0 Å². The lowest BCUT2D eigenvalue weighted by molar-refractivity contribution is 0.0467. The van der Waals surface area contributed by atoms with E-state index in [4.69, 9.17) is 0 Å². The average molecular weight is 541 g/mol. The Balaban J connectivity index is 1.59. The van der Waals surface area contributed by atoms with Crippen LogP contribution in [0.1, 0.15) is 47.9 Å². The van der Waals surface area contributed by atoms with E-state index in [9.17, 15) is 5.11 Å². The lowest BCUT2D eigenvalue weighted by atomic mass is 9.63. The first-order valence-electron chi connectivity index (χ1n) is 13.0. The van der Waals surface area contributed by atoms with Crippen LogP contribution in [0.3, 0.4) is 0 Å². The Morgan fingerprint density at radius 2 is 1.17 bits per heavy atom. The third kappa shape index (κ3) is 4.80. The molecule has 1 atom stereocenters. The number of nitrogens with one attached hydrogen (secondary N) is 1. The maximum Gasteiger partial charge on any atom is 0.0638 e. The van der Waals surface area contributed by atoms with Crippen molar-refractivity contribution >= 4 is 15.9 Å². The highest BCUT2D eigenvalue weighted by Crippen LogP contribution is 2.46. The normalized spacial score (nSPS) is 16.4. The number of aliphatic hydroxyl groups is 1. The fourth-order valence-corrected chi connectivity index (χ4v) is 6.46. The monoisotopic (exact) mass is 539 g/mol. The molecule has 5 rings (SSSR count). The molecule has 2 nitrogen and oxygen atoms in total. The van der Waals surface area contributed by atoms with Crippen LogP contribution in [-0.2, 0) is 10.8 Å². The van der Waals surface area contributed by atoms with E-state index in [1.807, 2.05) is 0 Å². The van der Waals surface area contributed by atoms with E-state index in [1.54, 1.807) is 0 Å². The van der Waals surface area contributed by atoms with Crippen LogP contribution in [0, 0.1) is 0 Å². The predicted octanol–water partition coefficient (Wildman–Crippen LogP) is 7.25. The molecule has 1 aliphatic rings. The van der Waals surface area contributed by atoms with E-state index in [2.05, 4.69) is 137 Å². The Bertz CT molecular complexity index is 1180. The van der Waals surface area contributed by atoms with Gasteiger partial charge in [-0.2, -0.15) is 0 Å². The number of aliphatic hydroxyl groups excluding tert-OH is 1. The van der Waals surface area contributed by atoms with Crippen molar-refractivity contribution in [3.05, 3.63) is 142 Å². The molecule has 0 bridgehead atoms. The number of benzene rings is 4. The SMILES string of the molecule is OC(CCC(c1ccccc1)(c1ccccc1)c1ccc(Br)cc1)C1(c2ccccc2)CCNCC1. The van der Waals surface area contributed by atoms with Crippen LogP contribution in [0.4, 0.5) is 0 Å². The van der Waals surface area contributed by atoms with Gasteiger partial charge in [-0.15, -0.1) is 0 Å². The van der Waals surface area contributed by atoms with Gasteiger partial charge in [-0.05, 0) is 73.2 Å². The molecule has 1 aliphatic heterocycles. The Hall–Kier alpha value is -2.72. The van der Waals surface area contributed by atoms with Gasteiger partial charge in [0.2, 0.25) is 0 Å². The number of halogens is 1. The maximum atomic E-state index is 12.0. The zero-order valence-electron chi connectivity index (χ0n) is 20.6. The zero-order chi connectivity index (χ0) is 24.8. The van der Waals surface area contributed by atoms with Gasteiger partial charge in [0.15, 0.2) is 0 Å². The van der Waals surface area contributed by atoms with Crippen LogP contribution in [0.2, 0.25) is 0 Å². The van der Waals surface area contributed by atoms with Gasteiger partial charge in [-0.25, -0.2) is 0 Å². The molecule has 0 aromatic heterocycles. The molecule has 0 saturated carbocycles. The minimum atomic E-state index is -0.441. The summed E-state index contributed by atoms with van der Waals surface area (Å²) in [6.07, 6.45) is 2.96. The van der Waals surface area contributed by atoms with Gasteiger partial charge in [0.05, 0.1) is 6.10 Å². The second-order valence-corrected chi connectivity index (χ2v) is 10.9. The molecule has 0 radical (unpaired) electrons. The molecule has 3 heteroatoms. The molecule has 4 aromatic carbocycles. The average Bonchev–Trinajstić information content (AvgIpc) is 2.96. The van der Waals surface area contributed by atoms with E-state index in [0.29, 0.717) is 6.42 Å². The summed E-state index contributed by atoms with van der Waals surface area (Å²) in [5, 5.41) is 15.5. The highest BCUT2D eigenvalue weighted by atomic mass is 79.9. The minimum absolute atomic E-state index is 0.231. The molecule has 1 saturated heterocycles. The van der Waals surface area contributed by atoms with Crippen molar-refractivity contribution in [2.75, 3.05) is 13.1 Å². The van der Waals surface area contributed by atoms with E-state index < -0.39 is 6.10 Å². The quantitative estimate of drug-likeness (QED) is 0.231. The van der Waals surface area contributed by atoms with Crippen molar-refractivity contribution in [3.63, 3.8) is 0 Å². The molecular weight excluding hydrogens is 506 g/mol. The largest absolute Gasteiger partial charge is 0.392 e. The number of hydrogen-bond acceptors (Lipinski definition) is 2. The number of rotatable bonds is 8. The fourth-order valence-electron chi connectivity index (χ4n) is 6.20. The Labute approximate surface area is 223 Å². The third-order valence-corrected chi connectivity index (χ3v) is 8.67. The summed E-state index contributed by atoms with van der Waals surface area (Å²) in [4.78, 5) is 0. The Morgan fingerprint density at radius 3 is 1.69 bits per heavy atom. The van der Waals surface area contributed by atoms with Crippen LogP contribution in [0.5, 0.6) is 0 Å². The minimum Gasteiger partial charge on any atom is -0.392 e. The predicted molar refractivity (Wildman–Crippen MR) is 152 cm³/mol. The highest BCUT2D eigenvalue weighted by Gasteiger charge is 2.43. The molecule has 2 N–H and O–H groups in total. The summed E-state index contributed by atoms with van der Waals surface area (Å²) in [7, 11) is 0. The molecule has 1 fully saturated rings. The standard InChI is InChI=1S/C33H34BrNO/c34-30-18-16-29(17-19-30)33(27-12-6-2-7-13-27,28-14-8-3-9-15-28)21-20-31(36)32(22-24-35-25-23-32)26-10-4-1-5-11-26/h1-19,31,35-36H,20-25H2. The zero-order valence-corrected chi connectivity index (χ0v) is 22.2. The van der Waals surface area contributed by atoms with E-state index in [1.165, 1.54) is 22.3 Å². The van der Waals surface area contributed by atoms with Crippen LogP contribution in [-0.4, -0.2) is 24.3 Å². The first kappa shape index (κ1) is 25.0. The summed E-state index contributed by atoms with van der Waals surface area (Å²) in [6, 6.07) is 41.0. The molecule has 0 amide bonds. The lowest BCUT2D eigenvalue weighted by Gasteiger charge is -2.44. The topological polar surface area (TPSA) is 32.3 Å². The van der Waals surface area contributed by atoms with Gasteiger partial charge in [-0.1, -0.05) is 119 Å². The highest BCUT2D eigenvalue weighted by molar-refractivity contribution is 9.10. The van der Waals surface area contributed by atoms with Gasteiger partial charge >= 0.3 is 0 Å². The van der Waals surface area contributed by atoms with Crippen LogP contribution in [0.25, 0.3) is 0 Å². The molecule has 1 unspecified atom stereocenters. The van der Waals surface area contributed by atoms with Crippen molar-refractivity contribution in [2.24, 2.45) is 0 Å². The van der Waals surface area contributed by atoms with E-state index in [-0.39, 0.29) is 10.8 Å². The number of hydrogen-bond donors (Lipinski definition) is 2. The van der Waals surface area contributed by atoms with Gasteiger partial charge in [0.1, 0.15) is 0 Å². The Kier molecular flexibility index (Phi) is 7.71. The third-order valence-electron chi connectivity index (χ3n) is 8.15. The van der Waals surface area contributed by atoms with Crippen molar-refractivity contribution < 1.29 is 5.11 Å². The summed E-state index contributed by atoms with van der Waals surface area (Å²) in [5.41, 5.74) is 4.41. The van der Waals surface area contributed by atoms with Gasteiger partial charge in [-0.3, -0.25) is 0 Å². The molecule has 1 heterocycles. The molecule has 0 aliphatic carbocycles. The number of piperidine rings is 1. The second kappa shape index (κ2) is 11.1. The van der Waals surface area contributed by atoms with Crippen molar-refractivity contribution in [1.82, 2.24) is 5.32 Å². The Morgan fingerprint density at radius 1 is 0.694 bits per heavy atom. The smallest absolute Gasteiger partial charge is 0.0638 e. The van der Waals surface area contributed by atoms with Crippen molar-refractivity contribution in [3.8, 4) is 0 Å². The first-order chi connectivity index (χ1) is 17.6. The van der Waals surface area contributed by atoms with Crippen LogP contribution < -0.4 is 5.32 Å². The van der Waals surface area contributed by atoms with Gasteiger partial charge in [0, 0.05) is 15.3 Å². The fraction of sp³-hybridized carbons (Fsp3) is 0.273. The van der Waals surface area contributed by atoms with Crippen LogP contribution >= 0.6 is 15.9 Å².